The van der Waals surface area contributed by atoms with E-state index >= 15 is 0 Å². The van der Waals surface area contributed by atoms with Gasteiger partial charge in [-0.05, 0) is 56.7 Å². The fraction of sp³-hybridized carbons (Fsp3) is 0.240. The van der Waals surface area contributed by atoms with Crippen LogP contribution in [0.15, 0.2) is 63.5 Å². The number of ether oxygens (including phenoxy) is 2. The van der Waals surface area contributed by atoms with E-state index in [4.69, 9.17) is 14.0 Å². The molecule has 0 aliphatic heterocycles. The Morgan fingerprint density at radius 3 is 2.61 bits per heavy atom. The number of hydrogen-bond acceptors (Lipinski definition) is 7. The van der Waals surface area contributed by atoms with Gasteiger partial charge in [0.1, 0.15) is 17.4 Å². The Hall–Kier alpha value is -3.70. The summed E-state index contributed by atoms with van der Waals surface area (Å²) in [5.41, 5.74) is 1.81. The van der Waals surface area contributed by atoms with Crippen LogP contribution in [0.4, 0.5) is 5.82 Å². The predicted molar refractivity (Wildman–Crippen MR) is 128 cm³/mol. The van der Waals surface area contributed by atoms with Gasteiger partial charge in [-0.2, -0.15) is 5.26 Å². The van der Waals surface area contributed by atoms with Crippen molar-refractivity contribution in [3.63, 3.8) is 0 Å². The molecule has 1 N–H and O–H groups in total. The molecule has 0 saturated carbocycles. The summed E-state index contributed by atoms with van der Waals surface area (Å²) in [6, 6.07) is 17.2. The van der Waals surface area contributed by atoms with Gasteiger partial charge in [-0.15, -0.1) is 11.8 Å². The third kappa shape index (κ3) is 7.16. The number of rotatable bonds is 10. The lowest BCUT2D eigenvalue weighted by atomic mass is 10.1. The van der Waals surface area contributed by atoms with Crippen LogP contribution in [-0.4, -0.2) is 30.0 Å². The molecule has 1 aromatic heterocycles. The van der Waals surface area contributed by atoms with E-state index in [9.17, 15) is 10.1 Å². The maximum Gasteiger partial charge on any atom is 0.267 e. The predicted octanol–water partition coefficient (Wildman–Crippen LogP) is 5.41. The van der Waals surface area contributed by atoms with Gasteiger partial charge in [-0.1, -0.05) is 28.9 Å². The average molecular weight is 464 g/mol. The van der Waals surface area contributed by atoms with Crippen molar-refractivity contribution in [3.05, 3.63) is 71.0 Å². The quantitative estimate of drug-likeness (QED) is 0.186. The minimum Gasteiger partial charge on any atom is -0.490 e. The van der Waals surface area contributed by atoms with Gasteiger partial charge in [0.05, 0.1) is 13.2 Å². The summed E-state index contributed by atoms with van der Waals surface area (Å²) in [5, 5.41) is 15.7. The molecule has 3 aromatic rings. The van der Waals surface area contributed by atoms with Crippen molar-refractivity contribution in [2.45, 2.75) is 25.7 Å². The Bertz CT molecular complexity index is 1160. The van der Waals surface area contributed by atoms with Crippen molar-refractivity contribution in [1.82, 2.24) is 5.16 Å². The van der Waals surface area contributed by atoms with Gasteiger partial charge < -0.3 is 19.3 Å². The Balaban J connectivity index is 1.65. The van der Waals surface area contributed by atoms with Crippen molar-refractivity contribution >= 4 is 29.6 Å². The zero-order chi connectivity index (χ0) is 23.6. The van der Waals surface area contributed by atoms with Gasteiger partial charge in [0.2, 0.25) is 0 Å². The van der Waals surface area contributed by atoms with E-state index in [1.165, 1.54) is 16.5 Å². The van der Waals surface area contributed by atoms with Crippen molar-refractivity contribution < 1.29 is 18.8 Å². The number of nitrogens with one attached hydrogen (secondary N) is 1. The number of nitrogens with zero attached hydrogens (tertiary/aromatic N) is 2. The molecular formula is C25H25N3O4S. The summed E-state index contributed by atoms with van der Waals surface area (Å²) < 4.78 is 16.6. The number of nitriles is 1. The standard InChI is InChI=1S/C25H25N3O4S/c1-4-30-23-15-19(14-20(16-26)25(29)27-24-13-18(3)32-28-24)7-10-22(23)31-11-12-33-21-8-5-17(2)6-9-21/h5-10,13-15H,4,11-12H2,1-3H3,(H,27,28,29). The number of benzene rings is 2. The molecule has 3 rings (SSSR count). The van der Waals surface area contributed by atoms with E-state index in [0.29, 0.717) is 36.0 Å². The van der Waals surface area contributed by atoms with Crippen LogP contribution < -0.4 is 14.8 Å². The lowest BCUT2D eigenvalue weighted by molar-refractivity contribution is -0.112. The van der Waals surface area contributed by atoms with Gasteiger partial charge >= 0.3 is 0 Å². The normalized spacial score (nSPS) is 11.0. The van der Waals surface area contributed by atoms with Gasteiger partial charge in [-0.3, -0.25) is 4.79 Å². The molecule has 0 unspecified atom stereocenters. The molecule has 7 nitrogen and oxygen atoms in total. The molecule has 0 aliphatic carbocycles. The summed E-state index contributed by atoms with van der Waals surface area (Å²) in [5.74, 6) is 2.19. The topological polar surface area (TPSA) is 97.4 Å². The van der Waals surface area contributed by atoms with Gasteiger partial charge in [0.25, 0.3) is 5.91 Å². The molecule has 1 amide bonds. The van der Waals surface area contributed by atoms with Crippen LogP contribution in [-0.2, 0) is 4.79 Å². The van der Waals surface area contributed by atoms with Crippen molar-refractivity contribution in [2.75, 3.05) is 24.3 Å². The summed E-state index contributed by atoms with van der Waals surface area (Å²) in [4.78, 5) is 13.6. The molecule has 170 valence electrons. The smallest absolute Gasteiger partial charge is 0.267 e. The number of carbonyl (C=O) groups is 1. The highest BCUT2D eigenvalue weighted by molar-refractivity contribution is 7.99. The van der Waals surface area contributed by atoms with Crippen molar-refractivity contribution in [1.29, 1.82) is 5.26 Å². The summed E-state index contributed by atoms with van der Waals surface area (Å²) in [6.45, 7) is 6.63. The number of amides is 1. The molecule has 1 heterocycles. The summed E-state index contributed by atoms with van der Waals surface area (Å²) in [6.07, 6.45) is 1.49. The highest BCUT2D eigenvalue weighted by atomic mass is 32.2. The summed E-state index contributed by atoms with van der Waals surface area (Å²) >= 11 is 1.72. The fourth-order valence-electron chi connectivity index (χ4n) is 2.87. The van der Waals surface area contributed by atoms with E-state index in [0.717, 1.165) is 5.75 Å². The number of hydrogen-bond donors (Lipinski definition) is 1. The van der Waals surface area contributed by atoms with Crippen molar-refractivity contribution in [3.8, 4) is 17.6 Å². The first-order valence-electron chi connectivity index (χ1n) is 10.4. The minimum atomic E-state index is -0.572. The maximum atomic E-state index is 12.4. The third-order valence-corrected chi connectivity index (χ3v) is 5.42. The lowest BCUT2D eigenvalue weighted by Gasteiger charge is -2.13. The van der Waals surface area contributed by atoms with E-state index < -0.39 is 5.91 Å². The molecule has 8 heteroatoms. The second-order valence-electron chi connectivity index (χ2n) is 7.10. The zero-order valence-electron chi connectivity index (χ0n) is 18.8. The van der Waals surface area contributed by atoms with Crippen LogP contribution in [0, 0.1) is 25.2 Å². The first-order chi connectivity index (χ1) is 16.0. The van der Waals surface area contributed by atoms with Crippen LogP contribution in [0.5, 0.6) is 11.5 Å². The van der Waals surface area contributed by atoms with E-state index in [-0.39, 0.29) is 11.4 Å². The molecule has 0 aliphatic rings. The van der Waals surface area contributed by atoms with Gasteiger partial charge in [-0.25, -0.2) is 0 Å². The Labute approximate surface area is 197 Å². The number of thioether (sulfide) groups is 1. The minimum absolute atomic E-state index is 0.0683. The fourth-order valence-corrected chi connectivity index (χ4v) is 3.60. The molecule has 0 fully saturated rings. The van der Waals surface area contributed by atoms with Gasteiger partial charge in [0.15, 0.2) is 17.3 Å². The molecule has 0 bridgehead atoms. The maximum absolute atomic E-state index is 12.4. The molecule has 0 atom stereocenters. The second-order valence-corrected chi connectivity index (χ2v) is 8.26. The first kappa shape index (κ1) is 24.0. The van der Waals surface area contributed by atoms with Crippen LogP contribution in [0.3, 0.4) is 0 Å². The second kappa shape index (κ2) is 11.8. The molecule has 33 heavy (non-hydrogen) atoms. The van der Waals surface area contributed by atoms with Crippen molar-refractivity contribution in [2.24, 2.45) is 0 Å². The van der Waals surface area contributed by atoms with Crippen LogP contribution >= 0.6 is 11.8 Å². The highest BCUT2D eigenvalue weighted by Crippen LogP contribution is 2.30. The first-order valence-corrected chi connectivity index (χ1v) is 11.4. The zero-order valence-corrected chi connectivity index (χ0v) is 19.6. The number of carbonyl (C=O) groups excluding carboxylic acids is 1. The molecule has 2 aromatic carbocycles. The highest BCUT2D eigenvalue weighted by Gasteiger charge is 2.13. The average Bonchev–Trinajstić information content (AvgIpc) is 3.21. The molecule has 0 spiro atoms. The van der Waals surface area contributed by atoms with E-state index in [2.05, 4.69) is 41.7 Å². The van der Waals surface area contributed by atoms with Crippen LogP contribution in [0.1, 0.15) is 23.8 Å². The lowest BCUT2D eigenvalue weighted by Crippen LogP contribution is -2.13. The van der Waals surface area contributed by atoms with E-state index in [1.54, 1.807) is 43.0 Å². The largest absolute Gasteiger partial charge is 0.490 e. The Morgan fingerprint density at radius 2 is 1.94 bits per heavy atom. The van der Waals surface area contributed by atoms with Crippen LogP contribution in [0.2, 0.25) is 0 Å². The Morgan fingerprint density at radius 1 is 1.15 bits per heavy atom. The molecular weight excluding hydrogens is 438 g/mol. The van der Waals surface area contributed by atoms with Crippen LogP contribution in [0.25, 0.3) is 6.08 Å². The SMILES string of the molecule is CCOc1cc(C=C(C#N)C(=O)Nc2cc(C)on2)ccc1OCCSc1ccc(C)cc1. The van der Waals surface area contributed by atoms with Gasteiger partial charge in [0, 0.05) is 16.7 Å². The monoisotopic (exact) mass is 463 g/mol. The number of anilines is 1. The molecule has 0 saturated heterocycles. The third-order valence-electron chi connectivity index (χ3n) is 4.44. The number of aryl methyl sites for hydroxylation is 2. The van der Waals surface area contributed by atoms with E-state index in [1.807, 2.05) is 13.0 Å². The molecule has 0 radical (unpaired) electrons. The summed E-state index contributed by atoms with van der Waals surface area (Å²) in [7, 11) is 0. The Kier molecular flexibility index (Phi) is 8.56. The number of aromatic nitrogens is 1.